The first-order valence-electron chi connectivity index (χ1n) is 5.27. The Kier molecular flexibility index (Phi) is 5.22. The molecule has 0 heterocycles. The van der Waals surface area contributed by atoms with Crippen LogP contribution in [0, 0.1) is 11.7 Å². The molecule has 2 nitrogen and oxygen atoms in total. The van der Waals surface area contributed by atoms with Crippen LogP contribution in [0.25, 0.3) is 0 Å². The number of alkyl halides is 1. The van der Waals surface area contributed by atoms with Gasteiger partial charge < -0.3 is 5.32 Å². The van der Waals surface area contributed by atoms with Gasteiger partial charge in [-0.15, -0.1) is 11.6 Å². The van der Waals surface area contributed by atoms with E-state index in [1.807, 2.05) is 13.8 Å². The van der Waals surface area contributed by atoms with Crippen molar-refractivity contribution in [3.63, 3.8) is 0 Å². The Morgan fingerprint density at radius 3 is 2.59 bits per heavy atom. The molecule has 0 saturated carbocycles. The second-order valence-electron chi connectivity index (χ2n) is 4.11. The van der Waals surface area contributed by atoms with E-state index < -0.39 is 5.82 Å². The second kappa shape index (κ2) is 6.22. The van der Waals surface area contributed by atoms with Crippen LogP contribution in [0.1, 0.15) is 24.2 Å². The van der Waals surface area contributed by atoms with Gasteiger partial charge in [-0.1, -0.05) is 25.4 Å². The third kappa shape index (κ3) is 3.86. The predicted octanol–water partition coefficient (Wildman–Crippen LogP) is 3.47. The van der Waals surface area contributed by atoms with Crippen LogP contribution in [0.3, 0.4) is 0 Å². The molecule has 17 heavy (non-hydrogen) atoms. The molecule has 0 fully saturated rings. The van der Waals surface area contributed by atoms with Gasteiger partial charge in [0.15, 0.2) is 0 Å². The summed E-state index contributed by atoms with van der Waals surface area (Å²) in [7, 11) is 0. The van der Waals surface area contributed by atoms with Gasteiger partial charge in [-0.05, 0) is 24.1 Å². The molecule has 1 N–H and O–H groups in total. The number of rotatable bonds is 4. The molecule has 0 aliphatic carbocycles. The van der Waals surface area contributed by atoms with Crippen LogP contribution in [0.15, 0.2) is 18.2 Å². The van der Waals surface area contributed by atoms with Gasteiger partial charge in [0, 0.05) is 17.5 Å². The van der Waals surface area contributed by atoms with Gasteiger partial charge in [0.05, 0.1) is 5.02 Å². The maximum Gasteiger partial charge on any atom is 0.251 e. The number of amides is 1. The number of nitrogens with one attached hydrogen (secondary N) is 1. The Balaban J connectivity index is 2.79. The molecule has 1 rings (SSSR count). The van der Waals surface area contributed by atoms with E-state index in [-0.39, 0.29) is 28.5 Å². The van der Waals surface area contributed by atoms with Gasteiger partial charge in [-0.3, -0.25) is 4.79 Å². The van der Waals surface area contributed by atoms with Crippen molar-refractivity contribution in [2.24, 2.45) is 5.92 Å². The zero-order chi connectivity index (χ0) is 13.0. The van der Waals surface area contributed by atoms with Crippen LogP contribution in [0.2, 0.25) is 5.02 Å². The van der Waals surface area contributed by atoms with Crippen LogP contribution >= 0.6 is 23.2 Å². The Bertz CT molecular complexity index is 409. The first-order chi connectivity index (χ1) is 7.95. The molecule has 0 aliphatic heterocycles. The highest BCUT2D eigenvalue weighted by Gasteiger charge is 2.16. The van der Waals surface area contributed by atoms with Gasteiger partial charge in [-0.2, -0.15) is 0 Å². The smallest absolute Gasteiger partial charge is 0.251 e. The maximum atomic E-state index is 13.2. The van der Waals surface area contributed by atoms with E-state index >= 15 is 0 Å². The molecule has 0 aliphatic rings. The lowest BCUT2D eigenvalue weighted by molar-refractivity contribution is 0.0930. The average molecular weight is 278 g/mol. The summed E-state index contributed by atoms with van der Waals surface area (Å²) in [4.78, 5) is 11.8. The van der Waals surface area contributed by atoms with Crippen molar-refractivity contribution in [1.29, 1.82) is 0 Å². The van der Waals surface area contributed by atoms with Gasteiger partial charge >= 0.3 is 0 Å². The van der Waals surface area contributed by atoms with Crippen molar-refractivity contribution in [2.45, 2.75) is 19.9 Å². The zero-order valence-electron chi connectivity index (χ0n) is 9.64. The molecule has 1 atom stereocenters. The summed E-state index contributed by atoms with van der Waals surface area (Å²) in [6.45, 7) is 3.91. The van der Waals surface area contributed by atoms with Crippen LogP contribution in [-0.2, 0) is 0 Å². The molecule has 0 bridgehead atoms. The first kappa shape index (κ1) is 14.3. The highest BCUT2D eigenvalue weighted by molar-refractivity contribution is 6.30. The fourth-order valence-corrected chi connectivity index (χ4v) is 1.82. The largest absolute Gasteiger partial charge is 0.348 e. The highest BCUT2D eigenvalue weighted by Crippen LogP contribution is 2.16. The normalized spacial score (nSPS) is 12.6. The van der Waals surface area contributed by atoms with Crippen molar-refractivity contribution in [3.05, 3.63) is 34.6 Å². The predicted molar refractivity (Wildman–Crippen MR) is 68.2 cm³/mol. The summed E-state index contributed by atoms with van der Waals surface area (Å²) in [5, 5.41) is 2.75. The Labute approximate surface area is 110 Å². The van der Waals surface area contributed by atoms with E-state index in [0.717, 1.165) is 6.07 Å². The molecule has 0 saturated heterocycles. The van der Waals surface area contributed by atoms with E-state index in [1.165, 1.54) is 12.1 Å². The lowest BCUT2D eigenvalue weighted by atomic mass is 10.1. The molecule has 94 valence electrons. The number of hydrogen-bond acceptors (Lipinski definition) is 1. The maximum absolute atomic E-state index is 13.2. The molecule has 0 spiro atoms. The SMILES string of the molecule is CC(C)C(CCl)NC(=O)c1ccc(Cl)c(F)c1. The zero-order valence-corrected chi connectivity index (χ0v) is 11.1. The molecule has 5 heteroatoms. The lowest BCUT2D eigenvalue weighted by Crippen LogP contribution is -2.39. The molecular formula is C12H14Cl2FNO. The fraction of sp³-hybridized carbons (Fsp3) is 0.417. The second-order valence-corrected chi connectivity index (χ2v) is 4.82. The van der Waals surface area contributed by atoms with Gasteiger partial charge in [0.2, 0.25) is 0 Å². The molecule has 1 amide bonds. The lowest BCUT2D eigenvalue weighted by Gasteiger charge is -2.19. The molecule has 1 unspecified atom stereocenters. The third-order valence-corrected chi connectivity index (χ3v) is 3.11. The van der Waals surface area contributed by atoms with Crippen LogP contribution < -0.4 is 5.32 Å². The molecular weight excluding hydrogens is 264 g/mol. The molecule has 1 aromatic carbocycles. The van der Waals surface area contributed by atoms with E-state index in [9.17, 15) is 9.18 Å². The van der Waals surface area contributed by atoms with Crippen molar-refractivity contribution < 1.29 is 9.18 Å². The Hall–Kier alpha value is -0.800. The third-order valence-electron chi connectivity index (χ3n) is 2.47. The summed E-state index contributed by atoms with van der Waals surface area (Å²) in [6, 6.07) is 3.81. The van der Waals surface area contributed by atoms with Crippen LogP contribution in [0.5, 0.6) is 0 Å². The first-order valence-corrected chi connectivity index (χ1v) is 6.18. The standard InChI is InChI=1S/C12H14Cl2FNO/c1-7(2)11(6-13)16-12(17)8-3-4-9(14)10(15)5-8/h3-5,7,11H,6H2,1-2H3,(H,16,17). The van der Waals surface area contributed by atoms with E-state index in [2.05, 4.69) is 5.32 Å². The summed E-state index contributed by atoms with van der Waals surface area (Å²) < 4.78 is 13.2. The van der Waals surface area contributed by atoms with Crippen LogP contribution in [-0.4, -0.2) is 17.8 Å². The highest BCUT2D eigenvalue weighted by atomic mass is 35.5. The Morgan fingerprint density at radius 2 is 2.12 bits per heavy atom. The molecule has 1 aromatic rings. The van der Waals surface area contributed by atoms with E-state index in [0.29, 0.717) is 5.88 Å². The minimum atomic E-state index is -0.605. The van der Waals surface area contributed by atoms with Gasteiger partial charge in [0.25, 0.3) is 5.91 Å². The number of carbonyl (C=O) groups excluding carboxylic acids is 1. The number of carbonyl (C=O) groups is 1. The summed E-state index contributed by atoms with van der Waals surface area (Å²) in [5.74, 6) is -0.417. The average Bonchev–Trinajstić information content (AvgIpc) is 2.28. The number of benzene rings is 1. The monoisotopic (exact) mass is 277 g/mol. The van der Waals surface area contributed by atoms with E-state index in [4.69, 9.17) is 23.2 Å². The van der Waals surface area contributed by atoms with E-state index in [1.54, 1.807) is 0 Å². The van der Waals surface area contributed by atoms with Crippen LogP contribution in [0.4, 0.5) is 4.39 Å². The van der Waals surface area contributed by atoms with Crippen molar-refractivity contribution >= 4 is 29.1 Å². The number of hydrogen-bond donors (Lipinski definition) is 1. The van der Waals surface area contributed by atoms with Crippen molar-refractivity contribution in [1.82, 2.24) is 5.32 Å². The minimum Gasteiger partial charge on any atom is -0.348 e. The van der Waals surface area contributed by atoms with Gasteiger partial charge in [0.1, 0.15) is 5.82 Å². The van der Waals surface area contributed by atoms with Gasteiger partial charge in [-0.25, -0.2) is 4.39 Å². The fourth-order valence-electron chi connectivity index (χ4n) is 1.27. The molecule has 0 radical (unpaired) electrons. The van der Waals surface area contributed by atoms with Crippen molar-refractivity contribution in [2.75, 3.05) is 5.88 Å². The summed E-state index contributed by atoms with van der Waals surface area (Å²) in [5.41, 5.74) is 0.239. The quantitative estimate of drug-likeness (QED) is 0.839. The topological polar surface area (TPSA) is 29.1 Å². The molecule has 0 aromatic heterocycles. The Morgan fingerprint density at radius 1 is 1.47 bits per heavy atom. The van der Waals surface area contributed by atoms with Crippen molar-refractivity contribution in [3.8, 4) is 0 Å². The minimum absolute atomic E-state index is 0.000645. The summed E-state index contributed by atoms with van der Waals surface area (Å²) in [6.07, 6.45) is 0. The summed E-state index contributed by atoms with van der Waals surface area (Å²) >= 11 is 11.3. The number of halogens is 3.